The van der Waals surface area contributed by atoms with Crippen LogP contribution in [0.3, 0.4) is 0 Å². The maximum atomic E-state index is 13.1. The van der Waals surface area contributed by atoms with Crippen LogP contribution < -0.4 is 4.74 Å². The number of pyridine rings is 1. The van der Waals surface area contributed by atoms with Gasteiger partial charge in [0, 0.05) is 42.2 Å². The molecule has 0 radical (unpaired) electrons. The van der Waals surface area contributed by atoms with E-state index in [9.17, 15) is 13.6 Å². The zero-order valence-electron chi connectivity index (χ0n) is 22.0. The molecule has 1 saturated carbocycles. The second-order valence-electron chi connectivity index (χ2n) is 10.7. The van der Waals surface area contributed by atoms with Crippen molar-refractivity contribution in [3.05, 3.63) is 52.2 Å². The van der Waals surface area contributed by atoms with Gasteiger partial charge in [0.2, 0.25) is 0 Å². The number of carbonyl (C=O) groups is 1. The number of nitrogens with zero attached hydrogens (tertiary/aromatic N) is 4. The van der Waals surface area contributed by atoms with Gasteiger partial charge in [0.05, 0.1) is 16.8 Å². The SMILES string of the molecule is Cc1ccc2c(C(=O)N=CC3CCC(CCN4CCc5sc(OCC(C)(F)F)nc5C4)CC3)cccc2n1. The van der Waals surface area contributed by atoms with Crippen molar-refractivity contribution in [2.45, 2.75) is 64.8 Å². The van der Waals surface area contributed by atoms with Crippen LogP contribution in [0, 0.1) is 18.8 Å². The summed E-state index contributed by atoms with van der Waals surface area (Å²) in [6.07, 6.45) is 8.27. The topological polar surface area (TPSA) is 67.7 Å². The molecule has 3 heterocycles. The monoisotopic (exact) mass is 540 g/mol. The number of hydrogen-bond acceptors (Lipinski definition) is 6. The highest BCUT2D eigenvalue weighted by Gasteiger charge is 2.26. The number of hydrogen-bond donors (Lipinski definition) is 0. The quantitative estimate of drug-likeness (QED) is 0.305. The van der Waals surface area contributed by atoms with E-state index in [2.05, 4.69) is 19.9 Å². The summed E-state index contributed by atoms with van der Waals surface area (Å²) in [6.45, 7) is 4.89. The smallest absolute Gasteiger partial charge is 0.278 e. The molecule has 1 aliphatic carbocycles. The van der Waals surface area contributed by atoms with Gasteiger partial charge < -0.3 is 4.74 Å². The van der Waals surface area contributed by atoms with Crippen molar-refractivity contribution in [1.82, 2.24) is 14.9 Å². The number of rotatable bonds is 8. The van der Waals surface area contributed by atoms with Crippen LogP contribution in [0.4, 0.5) is 8.78 Å². The van der Waals surface area contributed by atoms with Gasteiger partial charge >= 0.3 is 0 Å². The average molecular weight is 541 g/mol. The van der Waals surface area contributed by atoms with E-state index in [1.807, 2.05) is 43.5 Å². The summed E-state index contributed by atoms with van der Waals surface area (Å²) < 4.78 is 31.4. The van der Waals surface area contributed by atoms with E-state index in [-0.39, 0.29) is 5.91 Å². The first-order valence-corrected chi connectivity index (χ1v) is 14.2. The van der Waals surface area contributed by atoms with Gasteiger partial charge in [0.25, 0.3) is 17.0 Å². The van der Waals surface area contributed by atoms with Crippen molar-refractivity contribution in [3.63, 3.8) is 0 Å². The highest BCUT2D eigenvalue weighted by molar-refractivity contribution is 7.13. The number of halogens is 2. The Hall–Kier alpha value is -2.78. The van der Waals surface area contributed by atoms with Crippen LogP contribution in [0.1, 0.15) is 65.7 Å². The molecule has 0 unspecified atom stereocenters. The summed E-state index contributed by atoms with van der Waals surface area (Å²) in [5.74, 6) is -2.05. The summed E-state index contributed by atoms with van der Waals surface area (Å²) >= 11 is 1.40. The predicted molar refractivity (Wildman–Crippen MR) is 147 cm³/mol. The highest BCUT2D eigenvalue weighted by Crippen LogP contribution is 2.33. The van der Waals surface area contributed by atoms with Gasteiger partial charge in [-0.1, -0.05) is 23.5 Å². The van der Waals surface area contributed by atoms with E-state index in [0.29, 0.717) is 22.6 Å². The molecule has 202 valence electrons. The van der Waals surface area contributed by atoms with Gasteiger partial charge in [-0.2, -0.15) is 0 Å². The third kappa shape index (κ3) is 6.80. The van der Waals surface area contributed by atoms with Crippen LogP contribution in [0.25, 0.3) is 10.9 Å². The van der Waals surface area contributed by atoms with Gasteiger partial charge in [-0.05, 0) is 82.0 Å². The van der Waals surface area contributed by atoms with Crippen LogP contribution in [0.15, 0.2) is 35.3 Å². The molecule has 38 heavy (non-hydrogen) atoms. The largest absolute Gasteiger partial charge is 0.464 e. The van der Waals surface area contributed by atoms with Gasteiger partial charge in [-0.3, -0.25) is 14.7 Å². The molecule has 9 heteroatoms. The summed E-state index contributed by atoms with van der Waals surface area (Å²) in [4.78, 5) is 29.7. The van der Waals surface area contributed by atoms with E-state index < -0.39 is 12.5 Å². The van der Waals surface area contributed by atoms with Gasteiger partial charge in [-0.15, -0.1) is 0 Å². The molecule has 6 nitrogen and oxygen atoms in total. The van der Waals surface area contributed by atoms with E-state index in [4.69, 9.17) is 4.74 Å². The zero-order valence-corrected chi connectivity index (χ0v) is 22.8. The number of fused-ring (bicyclic) bond motifs is 2. The molecule has 1 amide bonds. The average Bonchev–Trinajstić information content (AvgIpc) is 3.31. The Morgan fingerprint density at radius 1 is 1.21 bits per heavy atom. The predicted octanol–water partition coefficient (Wildman–Crippen LogP) is 6.50. The summed E-state index contributed by atoms with van der Waals surface area (Å²) in [5.41, 5.74) is 3.32. The highest BCUT2D eigenvalue weighted by atomic mass is 32.1. The number of aromatic nitrogens is 2. The molecule has 0 bridgehead atoms. The van der Waals surface area contributed by atoms with Gasteiger partial charge in [0.1, 0.15) is 0 Å². The van der Waals surface area contributed by atoms with Crippen LogP contribution in [0.5, 0.6) is 5.19 Å². The van der Waals surface area contributed by atoms with E-state index >= 15 is 0 Å². The Morgan fingerprint density at radius 2 is 2.03 bits per heavy atom. The Morgan fingerprint density at radius 3 is 2.82 bits per heavy atom. The maximum absolute atomic E-state index is 13.1. The third-order valence-electron chi connectivity index (χ3n) is 7.49. The van der Waals surface area contributed by atoms with E-state index in [1.54, 1.807) is 0 Å². The molecule has 2 aliphatic rings. The summed E-state index contributed by atoms with van der Waals surface area (Å²) in [7, 11) is 0. The number of ether oxygens (including phenoxy) is 1. The lowest BCUT2D eigenvalue weighted by Gasteiger charge is -2.30. The molecular formula is C29H34F2N4O2S. The fourth-order valence-electron chi connectivity index (χ4n) is 5.35. The zero-order chi connectivity index (χ0) is 26.7. The molecule has 1 aromatic carbocycles. The van der Waals surface area contributed by atoms with Crippen molar-refractivity contribution in [3.8, 4) is 5.19 Å². The van der Waals surface area contributed by atoms with Crippen LogP contribution in [0.2, 0.25) is 0 Å². The van der Waals surface area contributed by atoms with Crippen LogP contribution >= 0.6 is 11.3 Å². The lowest BCUT2D eigenvalue weighted by atomic mass is 9.81. The normalized spacial score (nSPS) is 20.6. The number of thiazole rings is 1. The van der Waals surface area contributed by atoms with Crippen molar-refractivity contribution < 1.29 is 18.3 Å². The molecule has 2 aromatic heterocycles. The molecule has 0 atom stereocenters. The van der Waals surface area contributed by atoms with Crippen molar-refractivity contribution >= 4 is 34.4 Å². The Labute approximate surface area is 226 Å². The number of benzene rings is 1. The summed E-state index contributed by atoms with van der Waals surface area (Å²) in [5, 5.41) is 1.20. The first-order valence-electron chi connectivity index (χ1n) is 13.4. The first kappa shape index (κ1) is 26.8. The second-order valence-corrected chi connectivity index (χ2v) is 11.8. The van der Waals surface area contributed by atoms with Gasteiger partial charge in [-0.25, -0.2) is 18.8 Å². The van der Waals surface area contributed by atoms with Crippen molar-refractivity contribution in [2.24, 2.45) is 16.8 Å². The maximum Gasteiger partial charge on any atom is 0.278 e. The fourth-order valence-corrected chi connectivity index (χ4v) is 6.25. The molecule has 3 aromatic rings. The van der Waals surface area contributed by atoms with E-state index in [0.717, 1.165) is 92.3 Å². The number of aliphatic imine (C=N–C) groups is 1. The number of aryl methyl sites for hydroxylation is 1. The molecule has 0 spiro atoms. The first-order chi connectivity index (χ1) is 18.2. The third-order valence-corrected chi connectivity index (χ3v) is 8.56. The second kappa shape index (κ2) is 11.5. The Bertz CT molecular complexity index is 1310. The van der Waals surface area contributed by atoms with Crippen molar-refractivity contribution in [2.75, 3.05) is 19.7 Å². The number of alkyl halides is 2. The lowest BCUT2D eigenvalue weighted by Crippen LogP contribution is -2.32. The Kier molecular flexibility index (Phi) is 8.14. The molecule has 5 rings (SSSR count). The summed E-state index contributed by atoms with van der Waals surface area (Å²) in [6, 6.07) is 9.48. The minimum atomic E-state index is -2.85. The molecule has 1 aliphatic heterocycles. The number of carbonyl (C=O) groups excluding carboxylic acids is 1. The lowest BCUT2D eigenvalue weighted by molar-refractivity contribution is -0.0230. The fraction of sp³-hybridized carbons (Fsp3) is 0.517. The molecule has 0 N–H and O–H groups in total. The minimum Gasteiger partial charge on any atom is -0.464 e. The minimum absolute atomic E-state index is 0.202. The van der Waals surface area contributed by atoms with E-state index in [1.165, 1.54) is 11.3 Å². The Balaban J connectivity index is 1.07. The van der Waals surface area contributed by atoms with Gasteiger partial charge in [0.15, 0.2) is 6.61 Å². The molecule has 0 saturated heterocycles. The molecule has 1 fully saturated rings. The molecular weight excluding hydrogens is 506 g/mol. The number of amides is 1. The standard InChI is InChI=1S/C29H34F2N4O2S/c1-19-6-11-22-23(4-3-5-24(22)33-19)27(36)32-16-21-9-7-20(8-10-21)12-14-35-15-13-26-25(17-35)34-28(38-26)37-18-29(2,30)31/h3-6,11,16,20-21H,7-10,12-15,17-18H2,1-2H3. The van der Waals surface area contributed by atoms with Crippen LogP contribution in [-0.2, 0) is 13.0 Å². The van der Waals surface area contributed by atoms with Crippen molar-refractivity contribution in [1.29, 1.82) is 0 Å². The van der Waals surface area contributed by atoms with Crippen LogP contribution in [-0.4, -0.2) is 52.6 Å².